The van der Waals surface area contributed by atoms with E-state index in [2.05, 4.69) is 41.5 Å². The molecule has 1 aromatic heterocycles. The Morgan fingerprint density at radius 1 is 1.05 bits per heavy atom. The van der Waals surface area contributed by atoms with Crippen molar-refractivity contribution < 1.29 is 23.6 Å². The first-order chi connectivity index (χ1) is 18.2. The monoisotopic (exact) mass is 520 g/mol. The molecule has 2 aromatic carbocycles. The third-order valence-corrected chi connectivity index (χ3v) is 6.63. The molecule has 2 amide bonds. The first-order valence-corrected chi connectivity index (χ1v) is 12.8. The second kappa shape index (κ2) is 11.8. The summed E-state index contributed by atoms with van der Waals surface area (Å²) < 4.78 is 16.1. The molecule has 4 rings (SSSR count). The maximum Gasteiger partial charge on any atom is 0.289 e. The van der Waals surface area contributed by atoms with Gasteiger partial charge in [-0.1, -0.05) is 38.1 Å². The Morgan fingerprint density at radius 3 is 2.53 bits per heavy atom. The molecule has 0 radical (unpaired) electrons. The number of aryl methyl sites for hydroxylation is 1. The van der Waals surface area contributed by atoms with E-state index < -0.39 is 0 Å². The van der Waals surface area contributed by atoms with Crippen LogP contribution in [0.25, 0.3) is 11.3 Å². The van der Waals surface area contributed by atoms with Gasteiger partial charge in [-0.15, -0.1) is 0 Å². The van der Waals surface area contributed by atoms with Gasteiger partial charge in [0.05, 0.1) is 25.9 Å². The van der Waals surface area contributed by atoms with Crippen molar-refractivity contribution >= 4 is 17.5 Å². The van der Waals surface area contributed by atoms with Crippen LogP contribution in [0.4, 0.5) is 5.69 Å². The summed E-state index contributed by atoms with van der Waals surface area (Å²) in [4.78, 5) is 28.1. The van der Waals surface area contributed by atoms with Crippen LogP contribution >= 0.6 is 0 Å². The van der Waals surface area contributed by atoms with Crippen LogP contribution in [0.5, 0.6) is 5.75 Å². The zero-order chi connectivity index (χ0) is 27.3. The fourth-order valence-corrected chi connectivity index (χ4v) is 4.27. The third-order valence-electron chi connectivity index (χ3n) is 6.63. The molecule has 0 saturated carbocycles. The standard InChI is InChI=1S/C29H36N4O5/c1-19-6-8-21(31-27(34)23-16-20(29(2,3)4)7-9-25(23)36-5)17-22(19)24-18-26(38-32-24)28(35)30-10-11-33-12-14-37-15-13-33/h6-9,16-18H,10-15H2,1-5H3,(H,30,35)(H,31,34). The predicted molar refractivity (Wildman–Crippen MR) is 146 cm³/mol. The van der Waals surface area contributed by atoms with Gasteiger partial charge in [0, 0.05) is 43.5 Å². The summed E-state index contributed by atoms with van der Waals surface area (Å²) >= 11 is 0. The highest BCUT2D eigenvalue weighted by molar-refractivity contribution is 6.06. The molecule has 1 fully saturated rings. The van der Waals surface area contributed by atoms with E-state index in [0.29, 0.717) is 29.2 Å². The first-order valence-electron chi connectivity index (χ1n) is 12.8. The fourth-order valence-electron chi connectivity index (χ4n) is 4.27. The van der Waals surface area contributed by atoms with Crippen molar-refractivity contribution in [3.63, 3.8) is 0 Å². The Hall–Kier alpha value is -3.69. The van der Waals surface area contributed by atoms with Gasteiger partial charge in [-0.25, -0.2) is 0 Å². The number of benzene rings is 2. The maximum atomic E-state index is 13.2. The molecular formula is C29H36N4O5. The van der Waals surface area contributed by atoms with Crippen LogP contribution in [-0.2, 0) is 10.2 Å². The van der Waals surface area contributed by atoms with Gasteiger partial charge in [0.25, 0.3) is 11.8 Å². The van der Waals surface area contributed by atoms with E-state index in [4.69, 9.17) is 14.0 Å². The Bertz CT molecular complexity index is 1290. The van der Waals surface area contributed by atoms with Crippen molar-refractivity contribution in [2.75, 3.05) is 51.8 Å². The Kier molecular flexibility index (Phi) is 8.48. The van der Waals surface area contributed by atoms with Crippen molar-refractivity contribution in [3.05, 3.63) is 64.9 Å². The van der Waals surface area contributed by atoms with E-state index in [9.17, 15) is 9.59 Å². The lowest BCUT2D eigenvalue weighted by molar-refractivity contribution is 0.0382. The van der Waals surface area contributed by atoms with Crippen molar-refractivity contribution in [3.8, 4) is 17.0 Å². The van der Waals surface area contributed by atoms with Gasteiger partial charge in [0.1, 0.15) is 11.4 Å². The number of methoxy groups -OCH3 is 1. The van der Waals surface area contributed by atoms with Gasteiger partial charge in [-0.2, -0.15) is 0 Å². The third kappa shape index (κ3) is 6.59. The number of rotatable bonds is 8. The van der Waals surface area contributed by atoms with Crippen LogP contribution in [0.3, 0.4) is 0 Å². The van der Waals surface area contributed by atoms with E-state index in [1.54, 1.807) is 13.2 Å². The second-order valence-electron chi connectivity index (χ2n) is 10.4. The zero-order valence-corrected chi connectivity index (χ0v) is 22.7. The van der Waals surface area contributed by atoms with Crippen molar-refractivity contribution in [2.45, 2.75) is 33.1 Å². The molecule has 38 heavy (non-hydrogen) atoms. The normalized spacial score (nSPS) is 14.2. The van der Waals surface area contributed by atoms with Gasteiger partial charge >= 0.3 is 0 Å². The van der Waals surface area contributed by atoms with Gasteiger partial charge < -0.3 is 24.6 Å². The molecule has 9 heteroatoms. The number of amides is 2. The van der Waals surface area contributed by atoms with Crippen LogP contribution in [-0.4, -0.2) is 68.4 Å². The molecule has 3 aromatic rings. The molecule has 0 spiro atoms. The molecular weight excluding hydrogens is 484 g/mol. The highest BCUT2D eigenvalue weighted by Gasteiger charge is 2.21. The minimum absolute atomic E-state index is 0.113. The van der Waals surface area contributed by atoms with Crippen LogP contribution in [0.15, 0.2) is 47.0 Å². The molecule has 0 unspecified atom stereocenters. The molecule has 1 saturated heterocycles. The first kappa shape index (κ1) is 27.3. The van der Waals surface area contributed by atoms with E-state index in [-0.39, 0.29) is 23.0 Å². The number of nitrogens with zero attached hydrogens (tertiary/aromatic N) is 2. The van der Waals surface area contributed by atoms with Crippen molar-refractivity contribution in [1.29, 1.82) is 0 Å². The van der Waals surface area contributed by atoms with Crippen molar-refractivity contribution in [2.24, 2.45) is 0 Å². The molecule has 2 heterocycles. The number of anilines is 1. The summed E-state index contributed by atoms with van der Waals surface area (Å²) in [7, 11) is 1.55. The number of carbonyl (C=O) groups excluding carboxylic acids is 2. The SMILES string of the molecule is COc1ccc(C(C)(C)C)cc1C(=O)Nc1ccc(C)c(-c2cc(C(=O)NCCN3CCOCC3)on2)c1. The number of ether oxygens (including phenoxy) is 2. The Labute approximate surface area is 223 Å². The maximum absolute atomic E-state index is 13.2. The molecule has 1 aliphatic rings. The molecule has 0 bridgehead atoms. The number of nitrogens with one attached hydrogen (secondary N) is 2. The van der Waals surface area contributed by atoms with Gasteiger partial charge in [0.15, 0.2) is 0 Å². The highest BCUT2D eigenvalue weighted by Crippen LogP contribution is 2.30. The van der Waals surface area contributed by atoms with E-state index in [1.807, 2.05) is 43.3 Å². The number of aromatic nitrogens is 1. The molecule has 0 atom stereocenters. The van der Waals surface area contributed by atoms with Crippen LogP contribution in [0.2, 0.25) is 0 Å². The molecule has 1 aliphatic heterocycles. The highest BCUT2D eigenvalue weighted by atomic mass is 16.5. The largest absolute Gasteiger partial charge is 0.496 e. The quantitative estimate of drug-likeness (QED) is 0.457. The average Bonchev–Trinajstić information content (AvgIpc) is 3.39. The van der Waals surface area contributed by atoms with Gasteiger partial charge in [-0.3, -0.25) is 14.5 Å². The van der Waals surface area contributed by atoms with Gasteiger partial charge in [0.2, 0.25) is 5.76 Å². The predicted octanol–water partition coefficient (Wildman–Crippen LogP) is 4.27. The summed E-state index contributed by atoms with van der Waals surface area (Å²) in [5.74, 6) is 0.0522. The smallest absolute Gasteiger partial charge is 0.289 e. The number of morpholine rings is 1. The zero-order valence-electron chi connectivity index (χ0n) is 22.7. The minimum Gasteiger partial charge on any atom is -0.496 e. The minimum atomic E-state index is -0.315. The van der Waals surface area contributed by atoms with E-state index >= 15 is 0 Å². The second-order valence-corrected chi connectivity index (χ2v) is 10.4. The summed E-state index contributed by atoms with van der Waals surface area (Å²) in [5, 5.41) is 9.97. The lowest BCUT2D eigenvalue weighted by atomic mass is 9.86. The van der Waals surface area contributed by atoms with Crippen molar-refractivity contribution in [1.82, 2.24) is 15.4 Å². The lowest BCUT2D eigenvalue weighted by Gasteiger charge is -2.26. The summed E-state index contributed by atoms with van der Waals surface area (Å²) in [6, 6.07) is 12.8. The molecule has 202 valence electrons. The van der Waals surface area contributed by atoms with E-state index in [0.717, 1.165) is 49.5 Å². The summed E-state index contributed by atoms with van der Waals surface area (Å²) in [6.45, 7) is 12.7. The average molecular weight is 521 g/mol. The van der Waals surface area contributed by atoms with E-state index in [1.165, 1.54) is 0 Å². The fraction of sp³-hybridized carbons (Fsp3) is 0.414. The Morgan fingerprint density at radius 2 is 1.82 bits per heavy atom. The Balaban J connectivity index is 1.46. The topological polar surface area (TPSA) is 106 Å². The summed E-state index contributed by atoms with van der Waals surface area (Å²) in [6.07, 6.45) is 0. The number of hydrogen-bond acceptors (Lipinski definition) is 7. The van der Waals surface area contributed by atoms with Gasteiger partial charge in [-0.05, 0) is 47.7 Å². The number of carbonyl (C=O) groups is 2. The molecule has 2 N–H and O–H groups in total. The van der Waals surface area contributed by atoms with Crippen LogP contribution in [0.1, 0.15) is 52.8 Å². The van der Waals surface area contributed by atoms with Crippen LogP contribution in [0, 0.1) is 6.92 Å². The lowest BCUT2D eigenvalue weighted by Crippen LogP contribution is -2.41. The molecule has 9 nitrogen and oxygen atoms in total. The summed E-state index contributed by atoms with van der Waals surface area (Å²) in [5.41, 5.74) is 4.18. The number of hydrogen-bond donors (Lipinski definition) is 2. The van der Waals surface area contributed by atoms with Crippen LogP contribution < -0.4 is 15.4 Å². The molecule has 0 aliphatic carbocycles.